The lowest BCUT2D eigenvalue weighted by molar-refractivity contribution is -0.161. The number of esters is 4. The summed E-state index contributed by atoms with van der Waals surface area (Å²) in [6.07, 6.45) is 62.4. The highest BCUT2D eigenvalue weighted by atomic mass is 31.2. The van der Waals surface area contributed by atoms with Gasteiger partial charge in [0.15, 0.2) is 12.2 Å². The molecule has 0 aromatic carbocycles. The van der Waals surface area contributed by atoms with E-state index in [4.69, 9.17) is 37.0 Å². The van der Waals surface area contributed by atoms with E-state index in [0.29, 0.717) is 25.7 Å². The van der Waals surface area contributed by atoms with E-state index in [-0.39, 0.29) is 25.7 Å². The van der Waals surface area contributed by atoms with Crippen LogP contribution in [0.1, 0.15) is 420 Å². The molecule has 17 nitrogen and oxygen atoms in total. The predicted octanol–water partition coefficient (Wildman–Crippen LogP) is 23.6. The smallest absolute Gasteiger partial charge is 0.462 e. The van der Waals surface area contributed by atoms with Crippen molar-refractivity contribution in [3.63, 3.8) is 0 Å². The lowest BCUT2D eigenvalue weighted by Gasteiger charge is -2.21. The van der Waals surface area contributed by atoms with Crippen LogP contribution in [0.15, 0.2) is 0 Å². The van der Waals surface area contributed by atoms with Crippen LogP contribution in [0.2, 0.25) is 0 Å². The molecular weight excluding hydrogens is 1280 g/mol. The van der Waals surface area contributed by atoms with Gasteiger partial charge >= 0.3 is 39.5 Å². The number of hydrogen-bond donors (Lipinski definition) is 3. The van der Waals surface area contributed by atoms with Crippen LogP contribution in [0.3, 0.4) is 0 Å². The van der Waals surface area contributed by atoms with E-state index < -0.39 is 97.5 Å². The zero-order valence-electron chi connectivity index (χ0n) is 63.9. The molecule has 3 unspecified atom stereocenters. The highest BCUT2D eigenvalue weighted by Gasteiger charge is 2.30. The topological polar surface area (TPSA) is 237 Å². The van der Waals surface area contributed by atoms with E-state index in [9.17, 15) is 43.2 Å². The Morgan fingerprint density at radius 1 is 0.286 bits per heavy atom. The molecular formula is C79H154O17P2. The lowest BCUT2D eigenvalue weighted by atomic mass is 9.99. The third-order valence-corrected chi connectivity index (χ3v) is 20.8. The summed E-state index contributed by atoms with van der Waals surface area (Å²) < 4.78 is 68.6. The van der Waals surface area contributed by atoms with Gasteiger partial charge < -0.3 is 33.8 Å². The Morgan fingerprint density at radius 3 is 0.724 bits per heavy atom. The summed E-state index contributed by atoms with van der Waals surface area (Å²) in [5.41, 5.74) is 0. The molecule has 0 aromatic heterocycles. The maximum atomic E-state index is 13.1. The quantitative estimate of drug-likeness (QED) is 0.0222. The Morgan fingerprint density at radius 2 is 0.490 bits per heavy atom. The van der Waals surface area contributed by atoms with Gasteiger partial charge in [0.05, 0.1) is 26.4 Å². The Bertz CT molecular complexity index is 1880. The van der Waals surface area contributed by atoms with Gasteiger partial charge in [0, 0.05) is 25.7 Å². The second kappa shape index (κ2) is 72.0. The van der Waals surface area contributed by atoms with Gasteiger partial charge in [-0.05, 0) is 31.6 Å². The van der Waals surface area contributed by atoms with Crippen molar-refractivity contribution in [1.82, 2.24) is 0 Å². The monoisotopic (exact) mass is 1440 g/mol. The molecule has 0 aliphatic heterocycles. The maximum absolute atomic E-state index is 13.1. The first kappa shape index (κ1) is 96.1. The second-order valence-electron chi connectivity index (χ2n) is 28.7. The zero-order valence-corrected chi connectivity index (χ0v) is 65.7. The normalized spacial score (nSPS) is 14.2. The molecule has 0 aromatic rings. The van der Waals surface area contributed by atoms with E-state index in [1.165, 1.54) is 238 Å². The van der Waals surface area contributed by atoms with Crippen LogP contribution in [-0.4, -0.2) is 96.7 Å². The van der Waals surface area contributed by atoms with Crippen molar-refractivity contribution in [2.75, 3.05) is 39.6 Å². The Kier molecular flexibility index (Phi) is 70.6. The minimum absolute atomic E-state index is 0.108. The van der Waals surface area contributed by atoms with Crippen molar-refractivity contribution in [1.29, 1.82) is 0 Å². The summed E-state index contributed by atoms with van der Waals surface area (Å²) in [6, 6.07) is 0. The van der Waals surface area contributed by atoms with Crippen molar-refractivity contribution in [2.45, 2.75) is 438 Å². The fourth-order valence-electron chi connectivity index (χ4n) is 12.2. The number of carbonyl (C=O) groups excluding carboxylic acids is 4. The fourth-order valence-corrected chi connectivity index (χ4v) is 13.8. The predicted molar refractivity (Wildman–Crippen MR) is 400 cm³/mol. The second-order valence-corrected chi connectivity index (χ2v) is 31.6. The zero-order chi connectivity index (χ0) is 71.9. The fraction of sp³-hybridized carbons (Fsp3) is 0.949. The molecule has 582 valence electrons. The summed E-state index contributed by atoms with van der Waals surface area (Å²) in [4.78, 5) is 72.9. The number of ether oxygens (including phenoxy) is 4. The molecule has 0 spiro atoms. The highest BCUT2D eigenvalue weighted by molar-refractivity contribution is 7.47. The number of aliphatic hydroxyl groups excluding tert-OH is 1. The Hall–Kier alpha value is -1.94. The van der Waals surface area contributed by atoms with Crippen molar-refractivity contribution in [3.8, 4) is 0 Å². The largest absolute Gasteiger partial charge is 0.472 e. The van der Waals surface area contributed by atoms with Gasteiger partial charge in [-0.15, -0.1) is 0 Å². The van der Waals surface area contributed by atoms with E-state index in [1.807, 2.05) is 0 Å². The number of phosphoric acid groups is 2. The van der Waals surface area contributed by atoms with Crippen LogP contribution in [0.4, 0.5) is 0 Å². The van der Waals surface area contributed by atoms with Gasteiger partial charge in [-0.3, -0.25) is 37.3 Å². The third-order valence-electron chi connectivity index (χ3n) is 18.9. The van der Waals surface area contributed by atoms with Gasteiger partial charge in [0.1, 0.15) is 19.3 Å². The molecule has 19 heteroatoms. The average molecular weight is 1440 g/mol. The van der Waals surface area contributed by atoms with E-state index >= 15 is 0 Å². The molecule has 0 aliphatic carbocycles. The molecule has 3 N–H and O–H groups in total. The molecule has 0 fully saturated rings. The van der Waals surface area contributed by atoms with Crippen LogP contribution in [0.25, 0.3) is 0 Å². The maximum Gasteiger partial charge on any atom is 0.472 e. The lowest BCUT2D eigenvalue weighted by Crippen LogP contribution is -2.30. The molecule has 0 bridgehead atoms. The summed E-state index contributed by atoms with van der Waals surface area (Å²) >= 11 is 0. The first-order valence-electron chi connectivity index (χ1n) is 41.2. The van der Waals surface area contributed by atoms with Gasteiger partial charge in [0.25, 0.3) is 0 Å². The molecule has 0 saturated heterocycles. The van der Waals surface area contributed by atoms with Gasteiger partial charge in [-0.25, -0.2) is 9.13 Å². The molecule has 0 radical (unpaired) electrons. The molecule has 0 heterocycles. The third kappa shape index (κ3) is 71.1. The molecule has 98 heavy (non-hydrogen) atoms. The Balaban J connectivity index is 5.21. The molecule has 0 rings (SSSR count). The van der Waals surface area contributed by atoms with Crippen LogP contribution in [0.5, 0.6) is 0 Å². The average Bonchev–Trinajstić information content (AvgIpc) is 1.04. The highest BCUT2D eigenvalue weighted by Crippen LogP contribution is 2.45. The molecule has 0 aliphatic rings. The summed E-state index contributed by atoms with van der Waals surface area (Å²) in [5, 5.41) is 10.6. The molecule has 6 atom stereocenters. The number of rotatable bonds is 79. The number of hydrogen-bond acceptors (Lipinski definition) is 15. The van der Waals surface area contributed by atoms with Crippen LogP contribution in [-0.2, 0) is 65.4 Å². The van der Waals surface area contributed by atoms with Crippen molar-refractivity contribution >= 4 is 39.5 Å². The van der Waals surface area contributed by atoms with Gasteiger partial charge in [-0.2, -0.15) is 0 Å². The van der Waals surface area contributed by atoms with Gasteiger partial charge in [0.2, 0.25) is 0 Å². The molecule has 0 amide bonds. The number of aliphatic hydroxyl groups is 1. The first-order chi connectivity index (χ1) is 47.6. The van der Waals surface area contributed by atoms with Crippen LogP contribution >= 0.6 is 15.6 Å². The van der Waals surface area contributed by atoms with E-state index in [1.54, 1.807) is 0 Å². The number of carbonyl (C=O) groups is 4. The first-order valence-corrected chi connectivity index (χ1v) is 44.2. The van der Waals surface area contributed by atoms with Crippen molar-refractivity contribution < 1.29 is 80.2 Å². The van der Waals surface area contributed by atoms with E-state index in [2.05, 4.69) is 34.6 Å². The SMILES string of the molecule is CCCCCCCCCCCCCCCCCCCCC(=O)OC[C@H](COP(=O)(O)OC[C@@H](O)COP(=O)(O)OC[C@@H](COC(=O)CCCCCCCCCC)OC(=O)CCCCCCCCCCCCCCCC)OC(=O)CCCCCCCCCCCCCCCCC(C)CC. The van der Waals surface area contributed by atoms with Gasteiger partial charge in [-0.1, -0.05) is 369 Å². The van der Waals surface area contributed by atoms with E-state index in [0.717, 1.165) is 102 Å². The number of phosphoric ester groups is 2. The Labute approximate surface area is 600 Å². The van der Waals surface area contributed by atoms with Crippen LogP contribution < -0.4 is 0 Å². The number of unbranched alkanes of at least 4 members (excludes halogenated alkanes) is 50. The summed E-state index contributed by atoms with van der Waals surface area (Å²) in [6.45, 7) is 7.35. The van der Waals surface area contributed by atoms with Crippen LogP contribution in [0, 0.1) is 5.92 Å². The minimum Gasteiger partial charge on any atom is -0.462 e. The standard InChI is InChI=1S/C79H154O17P2/c1-6-10-13-16-19-22-24-26-28-29-30-31-36-39-43-48-53-58-63-77(82)90-69-75(96-79(84)65-60-55-50-45-41-37-33-32-34-38-42-46-51-56-61-72(5)9-4)71-94-98(87,88)92-67-73(80)66-91-97(85,86)93-70-74(68-89-76(81)62-57-52-47-21-18-15-12-8-3)95-78(83)64-59-54-49-44-40-35-27-25-23-20-17-14-11-7-2/h72-75,80H,6-71H2,1-5H3,(H,85,86)(H,87,88)/t72?,73-,74+,75+/m0/s1. The minimum atomic E-state index is -4.96. The summed E-state index contributed by atoms with van der Waals surface area (Å²) in [5.74, 6) is -1.26. The van der Waals surface area contributed by atoms with Crippen molar-refractivity contribution in [2.24, 2.45) is 5.92 Å². The summed E-state index contributed by atoms with van der Waals surface area (Å²) in [7, 11) is -9.91. The molecule has 0 saturated carbocycles. The van der Waals surface area contributed by atoms with Crippen molar-refractivity contribution in [3.05, 3.63) is 0 Å².